The lowest BCUT2D eigenvalue weighted by atomic mass is 10.1. The third-order valence-corrected chi connectivity index (χ3v) is 4.59. The number of nitrogens with zero attached hydrogens (tertiary/aromatic N) is 1. The molecule has 3 rings (SSSR count). The summed E-state index contributed by atoms with van der Waals surface area (Å²) in [6.07, 6.45) is 2.53. The number of thiazole rings is 1. The van der Waals surface area contributed by atoms with Gasteiger partial charge in [-0.3, -0.25) is 10.1 Å². The van der Waals surface area contributed by atoms with Crippen LogP contribution in [-0.4, -0.2) is 10.9 Å². The van der Waals surface area contributed by atoms with Crippen LogP contribution in [0, 0.1) is 0 Å². The van der Waals surface area contributed by atoms with Crippen LogP contribution in [-0.2, 0) is 6.42 Å². The second-order valence-electron chi connectivity index (χ2n) is 4.90. The van der Waals surface area contributed by atoms with Crippen molar-refractivity contribution in [1.82, 2.24) is 4.98 Å². The van der Waals surface area contributed by atoms with E-state index < -0.39 is 0 Å². The van der Waals surface area contributed by atoms with Crippen molar-refractivity contribution in [1.29, 1.82) is 0 Å². The normalized spacial score (nSPS) is 10.5. The molecule has 0 fully saturated rings. The first-order valence-electron chi connectivity index (χ1n) is 6.86. The summed E-state index contributed by atoms with van der Waals surface area (Å²) in [6.45, 7) is 0. The summed E-state index contributed by atoms with van der Waals surface area (Å²) >= 11 is 13.2. The van der Waals surface area contributed by atoms with Gasteiger partial charge in [0.1, 0.15) is 0 Å². The second kappa shape index (κ2) is 7.13. The highest BCUT2D eigenvalue weighted by molar-refractivity contribution is 7.15. The molecule has 0 aliphatic heterocycles. The summed E-state index contributed by atoms with van der Waals surface area (Å²) in [5, 5.41) is 4.69. The largest absolute Gasteiger partial charge is 0.298 e. The van der Waals surface area contributed by atoms with Gasteiger partial charge < -0.3 is 0 Å². The summed E-state index contributed by atoms with van der Waals surface area (Å²) in [4.78, 5) is 17.4. The molecule has 0 aliphatic carbocycles. The van der Waals surface area contributed by atoms with E-state index >= 15 is 0 Å². The number of aromatic nitrogens is 1. The van der Waals surface area contributed by atoms with Gasteiger partial charge in [-0.15, -0.1) is 11.3 Å². The van der Waals surface area contributed by atoms with Gasteiger partial charge in [-0.1, -0.05) is 35.3 Å². The van der Waals surface area contributed by atoms with E-state index in [4.69, 9.17) is 23.2 Å². The third-order valence-electron chi connectivity index (χ3n) is 3.17. The van der Waals surface area contributed by atoms with Crippen LogP contribution in [0.4, 0.5) is 5.13 Å². The zero-order chi connectivity index (χ0) is 16.2. The van der Waals surface area contributed by atoms with Crippen LogP contribution in [0.1, 0.15) is 20.8 Å². The van der Waals surface area contributed by atoms with Crippen molar-refractivity contribution in [3.05, 3.63) is 80.8 Å². The highest BCUT2D eigenvalue weighted by Crippen LogP contribution is 2.22. The lowest BCUT2D eigenvalue weighted by Gasteiger charge is -2.01. The topological polar surface area (TPSA) is 42.0 Å². The summed E-state index contributed by atoms with van der Waals surface area (Å²) in [7, 11) is 0. The van der Waals surface area contributed by atoms with E-state index in [0.717, 1.165) is 16.9 Å². The highest BCUT2D eigenvalue weighted by Gasteiger charge is 2.09. The maximum absolute atomic E-state index is 12.1. The number of hydrogen-bond acceptors (Lipinski definition) is 3. The summed E-state index contributed by atoms with van der Waals surface area (Å²) in [5.74, 6) is -0.200. The van der Waals surface area contributed by atoms with E-state index in [1.807, 2.05) is 24.3 Å². The molecule has 116 valence electrons. The zero-order valence-corrected chi connectivity index (χ0v) is 14.3. The Labute approximate surface area is 147 Å². The monoisotopic (exact) mass is 362 g/mol. The van der Waals surface area contributed by atoms with Crippen LogP contribution >= 0.6 is 34.5 Å². The Kier molecular flexibility index (Phi) is 4.96. The fourth-order valence-corrected chi connectivity index (χ4v) is 3.11. The maximum atomic E-state index is 12.1. The molecule has 0 saturated carbocycles. The smallest absolute Gasteiger partial charge is 0.257 e. The Morgan fingerprint density at radius 2 is 1.61 bits per heavy atom. The summed E-state index contributed by atoms with van der Waals surface area (Å²) in [6, 6.07) is 14.4. The minimum Gasteiger partial charge on any atom is -0.298 e. The van der Waals surface area contributed by atoms with Gasteiger partial charge in [0, 0.05) is 33.1 Å². The van der Waals surface area contributed by atoms with E-state index in [0.29, 0.717) is 20.7 Å². The average molecular weight is 363 g/mol. The number of carbonyl (C=O) groups excluding carboxylic acids is 1. The van der Waals surface area contributed by atoms with Gasteiger partial charge in [-0.2, -0.15) is 0 Å². The maximum Gasteiger partial charge on any atom is 0.257 e. The molecular formula is C17H12Cl2N2OS. The first-order chi connectivity index (χ1) is 11.1. The number of amides is 1. The van der Waals surface area contributed by atoms with Gasteiger partial charge in [0.2, 0.25) is 0 Å². The van der Waals surface area contributed by atoms with Crippen molar-refractivity contribution in [2.24, 2.45) is 0 Å². The number of anilines is 1. The molecule has 3 nitrogen and oxygen atoms in total. The third kappa shape index (κ3) is 4.32. The number of carbonyl (C=O) groups is 1. The number of rotatable bonds is 4. The van der Waals surface area contributed by atoms with E-state index in [-0.39, 0.29) is 5.91 Å². The molecule has 1 aromatic heterocycles. The second-order valence-corrected chi connectivity index (χ2v) is 6.88. The Morgan fingerprint density at radius 1 is 1.00 bits per heavy atom. The molecule has 3 aromatic rings. The van der Waals surface area contributed by atoms with Gasteiger partial charge in [0.05, 0.1) is 0 Å². The molecule has 0 aliphatic rings. The fourth-order valence-electron chi connectivity index (χ4n) is 2.02. The van der Waals surface area contributed by atoms with Crippen molar-refractivity contribution in [3.63, 3.8) is 0 Å². The number of hydrogen-bond donors (Lipinski definition) is 1. The van der Waals surface area contributed by atoms with Crippen molar-refractivity contribution in [2.45, 2.75) is 6.42 Å². The molecule has 2 aromatic carbocycles. The standard InChI is InChI=1S/C17H12Cl2N2OS/c18-13-5-1-11(2-6-13)9-15-10-20-17(23-15)21-16(22)12-3-7-14(19)8-4-12/h1-8,10H,9H2,(H,20,21,22). The molecule has 0 bridgehead atoms. The molecular weight excluding hydrogens is 351 g/mol. The molecule has 1 amide bonds. The average Bonchev–Trinajstić information content (AvgIpc) is 2.97. The Morgan fingerprint density at radius 3 is 2.26 bits per heavy atom. The molecule has 1 N–H and O–H groups in total. The van der Waals surface area contributed by atoms with Gasteiger partial charge >= 0.3 is 0 Å². The SMILES string of the molecule is O=C(Nc1ncc(Cc2ccc(Cl)cc2)s1)c1ccc(Cl)cc1. The van der Waals surface area contributed by atoms with E-state index in [1.54, 1.807) is 30.5 Å². The predicted octanol–water partition coefficient (Wildman–Crippen LogP) is 5.29. The molecule has 0 atom stereocenters. The van der Waals surface area contributed by atoms with Crippen LogP contribution in [0.3, 0.4) is 0 Å². The number of halogens is 2. The number of benzene rings is 2. The van der Waals surface area contributed by atoms with Crippen molar-refractivity contribution < 1.29 is 4.79 Å². The Balaban J connectivity index is 1.66. The highest BCUT2D eigenvalue weighted by atomic mass is 35.5. The fraction of sp³-hybridized carbons (Fsp3) is 0.0588. The van der Waals surface area contributed by atoms with Crippen LogP contribution in [0.5, 0.6) is 0 Å². The molecule has 0 spiro atoms. The quantitative estimate of drug-likeness (QED) is 0.684. The van der Waals surface area contributed by atoms with E-state index in [9.17, 15) is 4.79 Å². The molecule has 0 saturated heterocycles. The Bertz CT molecular complexity index is 813. The van der Waals surface area contributed by atoms with Crippen molar-refractivity contribution in [2.75, 3.05) is 5.32 Å². The van der Waals surface area contributed by atoms with Crippen LogP contribution in [0.25, 0.3) is 0 Å². The van der Waals surface area contributed by atoms with Gasteiger partial charge in [-0.05, 0) is 42.0 Å². The Hall–Kier alpha value is -1.88. The lowest BCUT2D eigenvalue weighted by Crippen LogP contribution is -2.11. The van der Waals surface area contributed by atoms with Gasteiger partial charge in [-0.25, -0.2) is 4.98 Å². The lowest BCUT2D eigenvalue weighted by molar-refractivity contribution is 0.102. The van der Waals surface area contributed by atoms with Crippen LogP contribution < -0.4 is 5.32 Å². The molecule has 23 heavy (non-hydrogen) atoms. The molecule has 0 radical (unpaired) electrons. The van der Waals surface area contributed by atoms with Crippen LogP contribution in [0.2, 0.25) is 10.0 Å². The summed E-state index contributed by atoms with van der Waals surface area (Å²) in [5.41, 5.74) is 1.69. The van der Waals surface area contributed by atoms with Gasteiger partial charge in [0.25, 0.3) is 5.91 Å². The summed E-state index contributed by atoms with van der Waals surface area (Å²) < 4.78 is 0. The minimum atomic E-state index is -0.200. The predicted molar refractivity (Wildman–Crippen MR) is 95.8 cm³/mol. The van der Waals surface area contributed by atoms with E-state index in [1.165, 1.54) is 11.3 Å². The van der Waals surface area contributed by atoms with Crippen molar-refractivity contribution in [3.8, 4) is 0 Å². The van der Waals surface area contributed by atoms with Crippen molar-refractivity contribution >= 4 is 45.6 Å². The minimum absolute atomic E-state index is 0.200. The van der Waals surface area contributed by atoms with E-state index in [2.05, 4.69) is 10.3 Å². The molecule has 6 heteroatoms. The molecule has 1 heterocycles. The first kappa shape index (κ1) is 16.0. The van der Waals surface area contributed by atoms with Crippen LogP contribution in [0.15, 0.2) is 54.7 Å². The number of nitrogens with one attached hydrogen (secondary N) is 1. The molecule has 0 unspecified atom stereocenters. The van der Waals surface area contributed by atoms with Gasteiger partial charge in [0.15, 0.2) is 5.13 Å². The zero-order valence-electron chi connectivity index (χ0n) is 11.9. The first-order valence-corrected chi connectivity index (χ1v) is 8.43.